The standard InChI is InChI=1S/C25H25N5O5/c1-3-34-19-8-6-18(7-9-19)21-15-24(32)29(16-27-21)13-12-26-25(33)17(2)30-23(31)11-10-20(28-30)22-5-4-14-35-22/h4-11,14-17H,3,12-13H2,1-2H3,(H,26,33). The Labute approximate surface area is 200 Å². The van der Waals surface area contributed by atoms with Crippen LogP contribution in [0.3, 0.4) is 0 Å². The van der Waals surface area contributed by atoms with Gasteiger partial charge in [0.25, 0.3) is 11.1 Å². The molecular weight excluding hydrogens is 450 g/mol. The van der Waals surface area contributed by atoms with Gasteiger partial charge in [0.15, 0.2) is 5.76 Å². The second-order valence-electron chi connectivity index (χ2n) is 7.71. The van der Waals surface area contributed by atoms with E-state index in [0.717, 1.165) is 16.0 Å². The maximum absolute atomic E-state index is 12.6. The average molecular weight is 476 g/mol. The second kappa shape index (κ2) is 10.6. The van der Waals surface area contributed by atoms with Gasteiger partial charge in [-0.15, -0.1) is 0 Å². The number of ether oxygens (including phenoxy) is 1. The number of rotatable bonds is 9. The molecular formula is C25H25N5O5. The highest BCUT2D eigenvalue weighted by molar-refractivity contribution is 5.79. The summed E-state index contributed by atoms with van der Waals surface area (Å²) in [6.45, 7) is 4.47. The van der Waals surface area contributed by atoms with Gasteiger partial charge >= 0.3 is 0 Å². The van der Waals surface area contributed by atoms with Gasteiger partial charge in [-0.3, -0.25) is 19.0 Å². The first kappa shape index (κ1) is 23.7. The number of carbonyl (C=O) groups excluding carboxylic acids is 1. The van der Waals surface area contributed by atoms with Crippen LogP contribution in [0.5, 0.6) is 5.75 Å². The molecule has 10 heteroatoms. The fraction of sp³-hybridized carbons (Fsp3) is 0.240. The van der Waals surface area contributed by atoms with Crippen LogP contribution >= 0.6 is 0 Å². The third-order valence-corrected chi connectivity index (χ3v) is 5.34. The number of amides is 1. The van der Waals surface area contributed by atoms with E-state index in [1.165, 1.54) is 29.3 Å². The Balaban J connectivity index is 1.37. The molecule has 0 aliphatic rings. The molecule has 0 saturated carbocycles. The van der Waals surface area contributed by atoms with Crippen molar-refractivity contribution in [3.63, 3.8) is 0 Å². The lowest BCUT2D eigenvalue weighted by Crippen LogP contribution is -2.38. The summed E-state index contributed by atoms with van der Waals surface area (Å²) in [7, 11) is 0. The van der Waals surface area contributed by atoms with E-state index in [1.54, 1.807) is 25.1 Å². The zero-order chi connectivity index (χ0) is 24.8. The summed E-state index contributed by atoms with van der Waals surface area (Å²) in [5.74, 6) is 0.842. The summed E-state index contributed by atoms with van der Waals surface area (Å²) in [5, 5.41) is 6.99. The lowest BCUT2D eigenvalue weighted by atomic mass is 10.1. The highest BCUT2D eigenvalue weighted by Gasteiger charge is 2.18. The van der Waals surface area contributed by atoms with Crippen LogP contribution in [0, 0.1) is 0 Å². The summed E-state index contributed by atoms with van der Waals surface area (Å²) >= 11 is 0. The topological polar surface area (TPSA) is 121 Å². The normalized spacial score (nSPS) is 11.7. The van der Waals surface area contributed by atoms with Gasteiger partial charge < -0.3 is 14.5 Å². The molecule has 0 saturated heterocycles. The Hall–Kier alpha value is -4.47. The monoisotopic (exact) mass is 475 g/mol. The van der Waals surface area contributed by atoms with Crippen LogP contribution in [0.2, 0.25) is 0 Å². The van der Waals surface area contributed by atoms with Gasteiger partial charge in [-0.1, -0.05) is 0 Å². The third-order valence-electron chi connectivity index (χ3n) is 5.34. The molecule has 0 fully saturated rings. The Morgan fingerprint density at radius 1 is 1.09 bits per heavy atom. The summed E-state index contributed by atoms with van der Waals surface area (Å²) in [6, 6.07) is 14.2. The van der Waals surface area contributed by atoms with Gasteiger partial charge in [0.1, 0.15) is 17.5 Å². The molecule has 3 aromatic heterocycles. The van der Waals surface area contributed by atoms with E-state index in [1.807, 2.05) is 31.2 Å². The molecule has 0 aliphatic carbocycles. The number of hydrogen-bond donors (Lipinski definition) is 1. The number of aromatic nitrogens is 4. The molecule has 4 rings (SSSR count). The number of carbonyl (C=O) groups is 1. The van der Waals surface area contributed by atoms with Crippen molar-refractivity contribution in [3.8, 4) is 28.5 Å². The Morgan fingerprint density at radius 2 is 1.89 bits per heavy atom. The van der Waals surface area contributed by atoms with E-state index in [0.29, 0.717) is 23.8 Å². The molecule has 35 heavy (non-hydrogen) atoms. The van der Waals surface area contributed by atoms with Crippen LogP contribution in [0.1, 0.15) is 19.9 Å². The molecule has 1 atom stereocenters. The molecule has 0 bridgehead atoms. The van der Waals surface area contributed by atoms with Gasteiger partial charge in [0, 0.05) is 30.8 Å². The summed E-state index contributed by atoms with van der Waals surface area (Å²) < 4.78 is 13.3. The molecule has 1 aromatic carbocycles. The Bertz CT molecular complexity index is 1410. The van der Waals surface area contributed by atoms with Crippen molar-refractivity contribution in [1.82, 2.24) is 24.6 Å². The molecule has 0 spiro atoms. The van der Waals surface area contributed by atoms with Crippen molar-refractivity contribution < 1.29 is 13.9 Å². The van der Waals surface area contributed by atoms with Crippen LogP contribution in [-0.4, -0.2) is 38.4 Å². The van der Waals surface area contributed by atoms with Crippen molar-refractivity contribution in [2.24, 2.45) is 0 Å². The lowest BCUT2D eigenvalue weighted by molar-refractivity contribution is -0.124. The zero-order valence-electron chi connectivity index (χ0n) is 19.4. The molecule has 1 amide bonds. The average Bonchev–Trinajstić information content (AvgIpc) is 3.40. The maximum Gasteiger partial charge on any atom is 0.267 e. The zero-order valence-corrected chi connectivity index (χ0v) is 19.4. The molecule has 180 valence electrons. The molecule has 0 radical (unpaired) electrons. The smallest absolute Gasteiger partial charge is 0.267 e. The van der Waals surface area contributed by atoms with E-state index >= 15 is 0 Å². The summed E-state index contributed by atoms with van der Waals surface area (Å²) in [6.07, 6.45) is 2.95. The fourth-order valence-electron chi connectivity index (χ4n) is 3.46. The largest absolute Gasteiger partial charge is 0.494 e. The maximum atomic E-state index is 12.6. The van der Waals surface area contributed by atoms with Crippen molar-refractivity contribution in [3.05, 3.63) is 87.9 Å². The van der Waals surface area contributed by atoms with Crippen molar-refractivity contribution in [2.45, 2.75) is 26.4 Å². The summed E-state index contributed by atoms with van der Waals surface area (Å²) in [4.78, 5) is 41.8. The van der Waals surface area contributed by atoms with Crippen LogP contribution in [-0.2, 0) is 11.3 Å². The predicted octanol–water partition coefficient (Wildman–Crippen LogP) is 2.50. The quantitative estimate of drug-likeness (QED) is 0.395. The first-order valence-corrected chi connectivity index (χ1v) is 11.2. The highest BCUT2D eigenvalue weighted by Crippen LogP contribution is 2.19. The van der Waals surface area contributed by atoms with Crippen LogP contribution in [0.4, 0.5) is 0 Å². The highest BCUT2D eigenvalue weighted by atomic mass is 16.5. The Kier molecular flexibility index (Phi) is 7.20. The van der Waals surface area contributed by atoms with Gasteiger partial charge in [-0.05, 0) is 56.3 Å². The number of nitrogens with one attached hydrogen (secondary N) is 1. The molecule has 1 N–H and O–H groups in total. The SMILES string of the molecule is CCOc1ccc(-c2cc(=O)n(CCNC(=O)C(C)n3nc(-c4ccco4)ccc3=O)cn2)cc1. The second-order valence-corrected chi connectivity index (χ2v) is 7.71. The predicted molar refractivity (Wildman–Crippen MR) is 129 cm³/mol. The Morgan fingerprint density at radius 3 is 2.57 bits per heavy atom. The fourth-order valence-corrected chi connectivity index (χ4v) is 3.46. The number of nitrogens with zero attached hydrogens (tertiary/aromatic N) is 4. The first-order valence-electron chi connectivity index (χ1n) is 11.2. The number of benzene rings is 1. The minimum Gasteiger partial charge on any atom is -0.494 e. The van der Waals surface area contributed by atoms with Crippen molar-refractivity contribution in [2.75, 3.05) is 13.2 Å². The minimum atomic E-state index is -0.853. The van der Waals surface area contributed by atoms with E-state index < -0.39 is 17.5 Å². The third kappa shape index (κ3) is 5.55. The van der Waals surface area contributed by atoms with E-state index in [2.05, 4.69) is 15.4 Å². The number of hydrogen-bond acceptors (Lipinski definition) is 7. The van der Waals surface area contributed by atoms with Gasteiger partial charge in [-0.2, -0.15) is 5.10 Å². The van der Waals surface area contributed by atoms with Crippen molar-refractivity contribution >= 4 is 5.91 Å². The van der Waals surface area contributed by atoms with E-state index in [9.17, 15) is 14.4 Å². The van der Waals surface area contributed by atoms with E-state index in [-0.39, 0.29) is 18.6 Å². The van der Waals surface area contributed by atoms with Crippen LogP contribution < -0.4 is 21.2 Å². The van der Waals surface area contributed by atoms with Crippen LogP contribution in [0.15, 0.2) is 81.2 Å². The first-order chi connectivity index (χ1) is 17.0. The van der Waals surface area contributed by atoms with Gasteiger partial charge in [0.2, 0.25) is 5.91 Å². The number of furan rings is 1. The van der Waals surface area contributed by atoms with Gasteiger partial charge in [0.05, 0.1) is 24.9 Å². The molecule has 0 aliphatic heterocycles. The minimum absolute atomic E-state index is 0.180. The van der Waals surface area contributed by atoms with Gasteiger partial charge in [-0.25, -0.2) is 9.67 Å². The molecule has 3 heterocycles. The molecule has 1 unspecified atom stereocenters. The van der Waals surface area contributed by atoms with Crippen molar-refractivity contribution in [1.29, 1.82) is 0 Å². The molecule has 10 nitrogen and oxygen atoms in total. The van der Waals surface area contributed by atoms with E-state index in [4.69, 9.17) is 9.15 Å². The lowest BCUT2D eigenvalue weighted by Gasteiger charge is -2.15. The summed E-state index contributed by atoms with van der Waals surface area (Å²) in [5.41, 5.74) is 1.14. The van der Waals surface area contributed by atoms with Crippen LogP contribution in [0.25, 0.3) is 22.7 Å². The molecule has 4 aromatic rings.